The number of para-hydroxylation sites is 1. The van der Waals surface area contributed by atoms with E-state index in [0.29, 0.717) is 0 Å². The topological polar surface area (TPSA) is 3.24 Å². The second-order valence-corrected chi connectivity index (χ2v) is 9.87. The van der Waals surface area contributed by atoms with Crippen molar-refractivity contribution in [3.63, 3.8) is 0 Å². The Balaban J connectivity index is 1.52. The number of fused-ring (bicyclic) bond motifs is 7. The molecule has 7 rings (SSSR count). The van der Waals surface area contributed by atoms with Gasteiger partial charge in [-0.2, -0.15) is 0 Å². The maximum atomic E-state index is 6.26. The van der Waals surface area contributed by atoms with Crippen LogP contribution in [0.3, 0.4) is 0 Å². The first kappa shape index (κ1) is 18.3. The van der Waals surface area contributed by atoms with Gasteiger partial charge in [-0.3, -0.25) is 0 Å². The van der Waals surface area contributed by atoms with Crippen LogP contribution in [-0.4, -0.2) is 0 Å². The third kappa shape index (κ3) is 2.63. The Labute approximate surface area is 195 Å². The summed E-state index contributed by atoms with van der Waals surface area (Å²) in [6.45, 7) is 0. The van der Waals surface area contributed by atoms with E-state index in [0.717, 1.165) is 11.4 Å². The van der Waals surface area contributed by atoms with E-state index in [-0.39, 0.29) is 0 Å². The van der Waals surface area contributed by atoms with Crippen LogP contribution in [0.4, 0.5) is 17.1 Å². The van der Waals surface area contributed by atoms with Gasteiger partial charge >= 0.3 is 0 Å². The van der Waals surface area contributed by atoms with Crippen molar-refractivity contribution >= 4 is 70.9 Å². The van der Waals surface area contributed by atoms with Crippen LogP contribution in [0.2, 0.25) is 5.02 Å². The summed E-state index contributed by atoms with van der Waals surface area (Å²) in [5.41, 5.74) is 6.47. The van der Waals surface area contributed by atoms with Crippen LogP contribution in [0.25, 0.3) is 30.9 Å². The number of thiophene rings is 1. The zero-order valence-corrected chi connectivity index (χ0v) is 18.8. The molecule has 0 radical (unpaired) electrons. The van der Waals surface area contributed by atoms with Gasteiger partial charge in [-0.1, -0.05) is 66.2 Å². The molecule has 2 heterocycles. The zero-order valence-electron chi connectivity index (χ0n) is 17.2. The van der Waals surface area contributed by atoms with Crippen LogP contribution in [0.15, 0.2) is 97.1 Å². The SMILES string of the molecule is Clc1ccc2c(c1)sc1ccc(N3c4ccccc4Cc4c3ccc3ccccc43)cc12. The Kier molecular flexibility index (Phi) is 3.90. The highest BCUT2D eigenvalue weighted by Crippen LogP contribution is 2.47. The van der Waals surface area contributed by atoms with Gasteiger partial charge in [-0.25, -0.2) is 0 Å². The molecule has 0 spiro atoms. The van der Waals surface area contributed by atoms with Crippen molar-refractivity contribution in [1.29, 1.82) is 0 Å². The third-order valence-electron chi connectivity index (χ3n) is 6.53. The van der Waals surface area contributed by atoms with E-state index in [4.69, 9.17) is 11.6 Å². The molecule has 1 nitrogen and oxygen atoms in total. The molecule has 1 aliphatic heterocycles. The number of anilines is 3. The number of nitrogens with zero attached hydrogens (tertiary/aromatic N) is 1. The Morgan fingerprint density at radius 1 is 0.656 bits per heavy atom. The highest BCUT2D eigenvalue weighted by molar-refractivity contribution is 7.25. The minimum absolute atomic E-state index is 0.787. The fraction of sp³-hybridized carbons (Fsp3) is 0.0345. The molecular weight excluding hydrogens is 430 g/mol. The normalized spacial score (nSPS) is 13.0. The number of hydrogen-bond acceptors (Lipinski definition) is 2. The lowest BCUT2D eigenvalue weighted by molar-refractivity contribution is 1.10. The van der Waals surface area contributed by atoms with E-state index in [1.165, 1.54) is 59.1 Å². The van der Waals surface area contributed by atoms with E-state index in [1.54, 1.807) is 11.3 Å². The first-order valence-corrected chi connectivity index (χ1v) is 12.0. The summed E-state index contributed by atoms with van der Waals surface area (Å²) in [4.78, 5) is 2.43. The first-order chi connectivity index (χ1) is 15.8. The summed E-state index contributed by atoms with van der Waals surface area (Å²) in [6.07, 6.45) is 0.950. The van der Waals surface area contributed by atoms with Gasteiger partial charge in [0.15, 0.2) is 0 Å². The number of rotatable bonds is 1. The van der Waals surface area contributed by atoms with Crippen molar-refractivity contribution in [3.8, 4) is 0 Å². The van der Waals surface area contributed by atoms with E-state index >= 15 is 0 Å². The lowest BCUT2D eigenvalue weighted by Crippen LogP contribution is -2.18. The van der Waals surface area contributed by atoms with Gasteiger partial charge in [0.1, 0.15) is 0 Å². The Morgan fingerprint density at radius 3 is 2.50 bits per heavy atom. The average Bonchev–Trinajstić information content (AvgIpc) is 3.19. The molecule has 0 atom stereocenters. The van der Waals surface area contributed by atoms with Crippen LogP contribution in [-0.2, 0) is 6.42 Å². The summed E-state index contributed by atoms with van der Waals surface area (Å²) in [7, 11) is 0. The fourth-order valence-electron chi connectivity index (χ4n) is 5.07. The minimum atomic E-state index is 0.787. The molecule has 32 heavy (non-hydrogen) atoms. The van der Waals surface area contributed by atoms with Gasteiger partial charge in [0.25, 0.3) is 0 Å². The lowest BCUT2D eigenvalue weighted by Gasteiger charge is -2.34. The van der Waals surface area contributed by atoms with Crippen molar-refractivity contribution in [2.75, 3.05) is 4.90 Å². The van der Waals surface area contributed by atoms with E-state index < -0.39 is 0 Å². The number of benzene rings is 5. The van der Waals surface area contributed by atoms with Crippen LogP contribution < -0.4 is 4.90 Å². The monoisotopic (exact) mass is 447 g/mol. The molecule has 1 aromatic heterocycles. The second kappa shape index (κ2) is 6.83. The molecule has 0 bridgehead atoms. The molecule has 0 saturated heterocycles. The molecule has 0 unspecified atom stereocenters. The van der Waals surface area contributed by atoms with Crippen LogP contribution in [0, 0.1) is 0 Å². The van der Waals surface area contributed by atoms with Crippen molar-refractivity contribution < 1.29 is 0 Å². The highest BCUT2D eigenvalue weighted by atomic mass is 35.5. The molecule has 5 aromatic carbocycles. The molecule has 0 aliphatic carbocycles. The lowest BCUT2D eigenvalue weighted by atomic mass is 9.91. The standard InChI is InChI=1S/C29H18ClNS/c30-20-10-12-23-25-17-21(11-14-28(25)32-29(23)16-20)31-26-8-4-2-6-19(26)15-24-22-7-3-1-5-18(22)9-13-27(24)31/h1-14,16-17H,15H2. The molecule has 0 saturated carbocycles. The summed E-state index contributed by atoms with van der Waals surface area (Å²) in [5.74, 6) is 0. The van der Waals surface area contributed by atoms with Crippen LogP contribution in [0.1, 0.15) is 11.1 Å². The van der Waals surface area contributed by atoms with Gasteiger partial charge in [0.2, 0.25) is 0 Å². The molecule has 6 aromatic rings. The smallest absolute Gasteiger partial charge is 0.0503 e. The molecule has 0 N–H and O–H groups in total. The summed E-state index contributed by atoms with van der Waals surface area (Å²) in [5, 5.41) is 5.96. The van der Waals surface area contributed by atoms with Crippen molar-refractivity contribution in [1.82, 2.24) is 0 Å². The van der Waals surface area contributed by atoms with Gasteiger partial charge in [-0.05, 0) is 64.4 Å². The number of halogens is 1. The molecule has 3 heteroatoms. The fourth-order valence-corrected chi connectivity index (χ4v) is 6.44. The second-order valence-electron chi connectivity index (χ2n) is 8.35. The maximum absolute atomic E-state index is 6.26. The van der Waals surface area contributed by atoms with Gasteiger partial charge in [-0.15, -0.1) is 11.3 Å². The van der Waals surface area contributed by atoms with Gasteiger partial charge in [0, 0.05) is 43.0 Å². The number of hydrogen-bond donors (Lipinski definition) is 0. The summed E-state index contributed by atoms with van der Waals surface area (Å²) < 4.78 is 2.52. The molecule has 0 amide bonds. The van der Waals surface area contributed by atoms with Crippen LogP contribution >= 0.6 is 22.9 Å². The van der Waals surface area contributed by atoms with Crippen molar-refractivity contribution in [2.45, 2.75) is 6.42 Å². The van der Waals surface area contributed by atoms with E-state index in [1.807, 2.05) is 6.07 Å². The quantitative estimate of drug-likeness (QED) is 0.242. The van der Waals surface area contributed by atoms with Crippen LogP contribution in [0.5, 0.6) is 0 Å². The zero-order chi connectivity index (χ0) is 21.2. The Bertz CT molecular complexity index is 1680. The predicted octanol–water partition coefficient (Wildman–Crippen LogP) is 9.24. The molecular formula is C29H18ClNS. The Morgan fingerprint density at radius 2 is 1.53 bits per heavy atom. The van der Waals surface area contributed by atoms with Gasteiger partial charge in [0.05, 0.1) is 5.69 Å². The average molecular weight is 448 g/mol. The van der Waals surface area contributed by atoms with Gasteiger partial charge < -0.3 is 4.90 Å². The highest BCUT2D eigenvalue weighted by Gasteiger charge is 2.25. The predicted molar refractivity (Wildman–Crippen MR) is 139 cm³/mol. The summed E-state index contributed by atoms with van der Waals surface area (Å²) >= 11 is 8.06. The minimum Gasteiger partial charge on any atom is -0.310 e. The molecule has 1 aliphatic rings. The first-order valence-electron chi connectivity index (χ1n) is 10.8. The molecule has 0 fully saturated rings. The maximum Gasteiger partial charge on any atom is 0.0503 e. The van der Waals surface area contributed by atoms with E-state index in [9.17, 15) is 0 Å². The van der Waals surface area contributed by atoms with Crippen molar-refractivity contribution in [2.24, 2.45) is 0 Å². The summed E-state index contributed by atoms with van der Waals surface area (Å²) in [6, 6.07) is 35.1. The molecule has 152 valence electrons. The van der Waals surface area contributed by atoms with E-state index in [2.05, 4.69) is 95.9 Å². The van der Waals surface area contributed by atoms with Crippen molar-refractivity contribution in [3.05, 3.63) is 113 Å². The Hall–Kier alpha value is -3.33. The largest absolute Gasteiger partial charge is 0.310 e. The third-order valence-corrected chi connectivity index (χ3v) is 7.90.